The SMILES string of the molecule is O=C(O)CCCCCCCCCCCCCCCCCC[Si](Cl)(Cl)Cl. The van der Waals surface area contributed by atoms with Crippen molar-refractivity contribution < 1.29 is 9.90 Å². The predicted octanol–water partition coefficient (Wildman–Crippen LogP) is 8.36. The molecule has 2 nitrogen and oxygen atoms in total. The van der Waals surface area contributed by atoms with Crippen molar-refractivity contribution in [2.45, 2.75) is 115 Å². The van der Waals surface area contributed by atoms with E-state index >= 15 is 0 Å². The van der Waals surface area contributed by atoms with Gasteiger partial charge in [0.25, 0.3) is 0 Å². The van der Waals surface area contributed by atoms with Gasteiger partial charge >= 0.3 is 12.0 Å². The van der Waals surface area contributed by atoms with Crippen molar-refractivity contribution in [3.63, 3.8) is 0 Å². The lowest BCUT2D eigenvalue weighted by molar-refractivity contribution is -0.137. The molecule has 0 aromatic rings. The molecule has 150 valence electrons. The van der Waals surface area contributed by atoms with Crippen LogP contribution < -0.4 is 0 Å². The number of carboxylic acid groups (broad SMARTS) is 1. The Morgan fingerprint density at radius 3 is 1.12 bits per heavy atom. The van der Waals surface area contributed by atoms with E-state index in [1.807, 2.05) is 0 Å². The van der Waals surface area contributed by atoms with Gasteiger partial charge in [0.1, 0.15) is 0 Å². The predicted molar refractivity (Wildman–Crippen MR) is 114 cm³/mol. The molecule has 0 amide bonds. The minimum Gasteiger partial charge on any atom is -0.481 e. The molecule has 0 atom stereocenters. The lowest BCUT2D eigenvalue weighted by Crippen LogP contribution is -2.07. The van der Waals surface area contributed by atoms with Crippen LogP contribution in [0.2, 0.25) is 6.04 Å². The first-order valence-electron chi connectivity index (χ1n) is 10.2. The molecule has 0 unspecified atom stereocenters. The molecule has 0 aromatic heterocycles. The fourth-order valence-corrected chi connectivity index (χ4v) is 4.93. The number of halogens is 3. The van der Waals surface area contributed by atoms with Crippen LogP contribution in [0.1, 0.15) is 109 Å². The van der Waals surface area contributed by atoms with Gasteiger partial charge in [-0.15, -0.1) is 33.2 Å². The zero-order valence-electron chi connectivity index (χ0n) is 15.7. The molecular weight excluding hydrogens is 395 g/mol. The average molecular weight is 432 g/mol. The molecule has 0 aliphatic heterocycles. The highest BCUT2D eigenvalue weighted by Crippen LogP contribution is 2.27. The standard InChI is InChI=1S/C19H37Cl3O2Si/c20-25(21,22)18-16-14-12-10-8-6-4-2-1-3-5-7-9-11-13-15-17-19(23)24/h1-18H2,(H,23,24). The smallest absolute Gasteiger partial charge is 0.341 e. The molecule has 0 aliphatic rings. The van der Waals surface area contributed by atoms with E-state index in [9.17, 15) is 4.79 Å². The van der Waals surface area contributed by atoms with Crippen molar-refractivity contribution in [3.8, 4) is 0 Å². The fraction of sp³-hybridized carbons (Fsp3) is 0.947. The number of carbonyl (C=O) groups is 1. The molecule has 0 radical (unpaired) electrons. The van der Waals surface area contributed by atoms with Gasteiger partial charge in [0.05, 0.1) is 0 Å². The minimum atomic E-state index is -2.38. The molecule has 0 saturated carbocycles. The third-order valence-corrected chi connectivity index (χ3v) is 7.22. The number of rotatable bonds is 19. The number of hydrogen-bond donors (Lipinski definition) is 1. The summed E-state index contributed by atoms with van der Waals surface area (Å²) in [5.41, 5.74) is 0. The molecule has 0 spiro atoms. The van der Waals surface area contributed by atoms with Crippen LogP contribution in [0.4, 0.5) is 0 Å². The molecule has 0 heterocycles. The van der Waals surface area contributed by atoms with E-state index in [0.29, 0.717) is 6.42 Å². The number of unbranched alkanes of at least 4 members (excludes halogenated alkanes) is 15. The van der Waals surface area contributed by atoms with Crippen molar-refractivity contribution in [1.29, 1.82) is 0 Å². The summed E-state index contributed by atoms with van der Waals surface area (Å²) < 4.78 is 0. The van der Waals surface area contributed by atoms with Crippen LogP contribution in [-0.4, -0.2) is 17.1 Å². The number of aliphatic carboxylic acids is 1. The van der Waals surface area contributed by atoms with Gasteiger partial charge in [0, 0.05) is 6.42 Å². The summed E-state index contributed by atoms with van der Waals surface area (Å²) in [7, 11) is 0. The normalized spacial score (nSPS) is 11.8. The van der Waals surface area contributed by atoms with Crippen molar-refractivity contribution in [2.24, 2.45) is 0 Å². The zero-order valence-corrected chi connectivity index (χ0v) is 19.0. The lowest BCUT2D eigenvalue weighted by Gasteiger charge is -2.07. The van der Waals surface area contributed by atoms with Gasteiger partial charge in [-0.3, -0.25) is 4.79 Å². The summed E-state index contributed by atoms with van der Waals surface area (Å²) >= 11 is 17.6. The Morgan fingerprint density at radius 1 is 0.560 bits per heavy atom. The molecule has 0 bridgehead atoms. The number of hydrogen-bond acceptors (Lipinski definition) is 1. The Kier molecular flexibility index (Phi) is 18.3. The Balaban J connectivity index is 3.04. The number of carboxylic acids is 1. The maximum atomic E-state index is 10.4. The van der Waals surface area contributed by atoms with E-state index in [0.717, 1.165) is 25.3 Å². The van der Waals surface area contributed by atoms with Crippen LogP contribution in [0, 0.1) is 0 Å². The maximum absolute atomic E-state index is 10.4. The topological polar surface area (TPSA) is 37.3 Å². The van der Waals surface area contributed by atoms with Crippen molar-refractivity contribution in [3.05, 3.63) is 0 Å². The van der Waals surface area contributed by atoms with Gasteiger partial charge in [0.15, 0.2) is 0 Å². The first kappa shape index (κ1) is 25.6. The summed E-state index contributed by atoms with van der Waals surface area (Å²) in [6.07, 6.45) is 20.4. The van der Waals surface area contributed by atoms with Gasteiger partial charge in [-0.1, -0.05) is 96.3 Å². The van der Waals surface area contributed by atoms with E-state index < -0.39 is 12.0 Å². The third kappa shape index (κ3) is 24.6. The highest BCUT2D eigenvalue weighted by Gasteiger charge is 2.23. The molecular formula is C19H37Cl3O2Si. The summed E-state index contributed by atoms with van der Waals surface area (Å²) in [5.74, 6) is -0.665. The molecule has 0 aromatic carbocycles. The molecule has 6 heteroatoms. The Morgan fingerprint density at radius 2 is 0.840 bits per heavy atom. The van der Waals surface area contributed by atoms with Crippen LogP contribution in [0.5, 0.6) is 0 Å². The van der Waals surface area contributed by atoms with E-state index in [-0.39, 0.29) is 0 Å². The van der Waals surface area contributed by atoms with Crippen LogP contribution in [0.3, 0.4) is 0 Å². The van der Waals surface area contributed by atoms with Crippen LogP contribution in [0.25, 0.3) is 0 Å². The van der Waals surface area contributed by atoms with Crippen LogP contribution in [-0.2, 0) is 4.79 Å². The summed E-state index contributed by atoms with van der Waals surface area (Å²) in [6, 6.07) is -1.57. The molecule has 0 fully saturated rings. The second kappa shape index (κ2) is 17.9. The van der Waals surface area contributed by atoms with Crippen molar-refractivity contribution in [2.75, 3.05) is 0 Å². The average Bonchev–Trinajstić information content (AvgIpc) is 2.52. The van der Waals surface area contributed by atoms with Gasteiger partial charge in [-0.2, -0.15) is 0 Å². The van der Waals surface area contributed by atoms with E-state index in [1.54, 1.807) is 0 Å². The monoisotopic (exact) mass is 430 g/mol. The minimum absolute atomic E-state index is 0.330. The second-order valence-corrected chi connectivity index (χ2v) is 16.4. The highest BCUT2D eigenvalue weighted by molar-refractivity contribution is 7.64. The Hall–Kier alpha value is 0.557. The molecule has 0 rings (SSSR count). The molecule has 1 N–H and O–H groups in total. The zero-order chi connectivity index (χ0) is 18.8. The largest absolute Gasteiger partial charge is 0.481 e. The summed E-state index contributed by atoms with van der Waals surface area (Å²) in [5, 5.41) is 8.55. The van der Waals surface area contributed by atoms with Crippen LogP contribution >= 0.6 is 33.2 Å². The van der Waals surface area contributed by atoms with E-state index in [4.69, 9.17) is 38.3 Å². The second-order valence-electron chi connectivity index (χ2n) is 7.17. The first-order chi connectivity index (χ1) is 11.9. The Bertz CT molecular complexity index is 310. The van der Waals surface area contributed by atoms with Gasteiger partial charge in [-0.25, -0.2) is 0 Å². The highest BCUT2D eigenvalue weighted by atomic mass is 35.8. The van der Waals surface area contributed by atoms with E-state index in [1.165, 1.54) is 83.5 Å². The first-order valence-corrected chi connectivity index (χ1v) is 15.4. The molecule has 25 heavy (non-hydrogen) atoms. The summed E-state index contributed by atoms with van der Waals surface area (Å²) in [6.45, 7) is 0. The summed E-state index contributed by atoms with van der Waals surface area (Å²) in [4.78, 5) is 10.4. The Labute approximate surface area is 170 Å². The molecule has 0 aliphatic carbocycles. The van der Waals surface area contributed by atoms with Crippen molar-refractivity contribution in [1.82, 2.24) is 0 Å². The molecule has 0 saturated heterocycles. The van der Waals surface area contributed by atoms with Crippen molar-refractivity contribution >= 4 is 45.2 Å². The fourth-order valence-electron chi connectivity index (χ4n) is 3.08. The van der Waals surface area contributed by atoms with Gasteiger partial charge in [-0.05, 0) is 12.5 Å². The van der Waals surface area contributed by atoms with Gasteiger partial charge in [0.2, 0.25) is 0 Å². The van der Waals surface area contributed by atoms with Gasteiger partial charge < -0.3 is 5.11 Å². The van der Waals surface area contributed by atoms with Crippen LogP contribution in [0.15, 0.2) is 0 Å². The lowest BCUT2D eigenvalue weighted by atomic mass is 10.0. The van der Waals surface area contributed by atoms with E-state index in [2.05, 4.69) is 0 Å². The third-order valence-electron chi connectivity index (χ3n) is 4.60. The quantitative estimate of drug-likeness (QED) is 0.127. The maximum Gasteiger partial charge on any atom is 0.341 e.